The van der Waals surface area contributed by atoms with E-state index >= 15 is 0 Å². The molecule has 0 unspecified atom stereocenters. The fourth-order valence-corrected chi connectivity index (χ4v) is 1.76. The Kier molecular flexibility index (Phi) is 4.20. The maximum absolute atomic E-state index is 13.4. The summed E-state index contributed by atoms with van der Waals surface area (Å²) >= 11 is 5.75. The van der Waals surface area contributed by atoms with E-state index < -0.39 is 24.2 Å². The first-order valence-electron chi connectivity index (χ1n) is 5.64. The number of ether oxygens (including phenoxy) is 1. The molecule has 0 aliphatic carbocycles. The van der Waals surface area contributed by atoms with Crippen molar-refractivity contribution in [3.8, 4) is 0 Å². The van der Waals surface area contributed by atoms with Crippen molar-refractivity contribution in [1.29, 1.82) is 0 Å². The molecule has 0 atom stereocenters. The number of hydrogen-bond donors (Lipinski definition) is 1. The summed E-state index contributed by atoms with van der Waals surface area (Å²) in [4.78, 5) is 11.8. The largest absolute Gasteiger partial charge is 0.457 e. The molecule has 0 heterocycles. The average molecular weight is 298 g/mol. The number of esters is 1. The number of nitrogen functional groups attached to an aromatic ring is 1. The summed E-state index contributed by atoms with van der Waals surface area (Å²) in [6.45, 7) is -0.394. The minimum Gasteiger partial charge on any atom is -0.457 e. The van der Waals surface area contributed by atoms with E-state index in [2.05, 4.69) is 0 Å². The zero-order chi connectivity index (χ0) is 14.7. The summed E-state index contributed by atoms with van der Waals surface area (Å²) in [5, 5.41) is 0.322. The lowest BCUT2D eigenvalue weighted by atomic mass is 10.2. The molecule has 2 N–H and O–H groups in total. The number of nitrogens with two attached hydrogens (primary N) is 1. The molecule has 2 aromatic rings. The van der Waals surface area contributed by atoms with Gasteiger partial charge in [0.05, 0.1) is 5.56 Å². The number of carbonyl (C=O) groups is 1. The Morgan fingerprint density at radius 2 is 2.00 bits per heavy atom. The first-order chi connectivity index (χ1) is 9.49. The standard InChI is InChI=1S/C14H10ClF2NO2/c15-9-4-5-12(18)10(6-9)14(19)20-7-8-2-1-3-11(16)13(8)17/h1-6H,7,18H2. The van der Waals surface area contributed by atoms with E-state index in [1.807, 2.05) is 0 Å². The van der Waals surface area contributed by atoms with Gasteiger partial charge in [0, 0.05) is 16.3 Å². The molecule has 0 aromatic heterocycles. The van der Waals surface area contributed by atoms with Crippen LogP contribution in [-0.2, 0) is 11.3 Å². The lowest BCUT2D eigenvalue weighted by molar-refractivity contribution is 0.0469. The van der Waals surface area contributed by atoms with Crippen LogP contribution in [0.5, 0.6) is 0 Å². The van der Waals surface area contributed by atoms with Gasteiger partial charge in [0.25, 0.3) is 0 Å². The highest BCUT2D eigenvalue weighted by atomic mass is 35.5. The van der Waals surface area contributed by atoms with E-state index in [0.29, 0.717) is 5.02 Å². The van der Waals surface area contributed by atoms with Crippen LogP contribution in [0.1, 0.15) is 15.9 Å². The van der Waals surface area contributed by atoms with E-state index in [4.69, 9.17) is 22.1 Å². The Balaban J connectivity index is 2.13. The van der Waals surface area contributed by atoms with Crippen molar-refractivity contribution in [2.24, 2.45) is 0 Å². The second-order valence-corrected chi connectivity index (χ2v) is 4.46. The first-order valence-corrected chi connectivity index (χ1v) is 6.02. The van der Waals surface area contributed by atoms with Crippen LogP contribution >= 0.6 is 11.6 Å². The zero-order valence-electron chi connectivity index (χ0n) is 10.2. The van der Waals surface area contributed by atoms with Gasteiger partial charge in [-0.25, -0.2) is 13.6 Å². The molecule has 3 nitrogen and oxygen atoms in total. The molecule has 0 radical (unpaired) electrons. The molecule has 0 spiro atoms. The minimum atomic E-state index is -1.04. The maximum Gasteiger partial charge on any atom is 0.340 e. The van der Waals surface area contributed by atoms with Gasteiger partial charge in [0.15, 0.2) is 11.6 Å². The predicted octanol–water partition coefficient (Wildman–Crippen LogP) is 3.56. The maximum atomic E-state index is 13.4. The van der Waals surface area contributed by atoms with Crippen LogP contribution < -0.4 is 5.73 Å². The SMILES string of the molecule is Nc1ccc(Cl)cc1C(=O)OCc1cccc(F)c1F. The van der Waals surface area contributed by atoms with Crippen LogP contribution in [0.25, 0.3) is 0 Å². The van der Waals surface area contributed by atoms with Crippen LogP contribution in [0.3, 0.4) is 0 Å². The smallest absolute Gasteiger partial charge is 0.340 e. The third-order valence-electron chi connectivity index (χ3n) is 2.63. The fourth-order valence-electron chi connectivity index (χ4n) is 1.59. The lowest BCUT2D eigenvalue weighted by Crippen LogP contribution is -2.09. The summed E-state index contributed by atoms with van der Waals surface area (Å²) in [5.41, 5.74) is 5.83. The van der Waals surface area contributed by atoms with Crippen molar-refractivity contribution >= 4 is 23.3 Å². The topological polar surface area (TPSA) is 52.3 Å². The van der Waals surface area contributed by atoms with Crippen molar-refractivity contribution in [3.05, 3.63) is 64.2 Å². The highest BCUT2D eigenvalue weighted by Gasteiger charge is 2.14. The third-order valence-corrected chi connectivity index (χ3v) is 2.86. The summed E-state index contributed by atoms with van der Waals surface area (Å²) in [7, 11) is 0. The Morgan fingerprint density at radius 1 is 1.25 bits per heavy atom. The molecule has 0 bridgehead atoms. The Morgan fingerprint density at radius 3 is 2.75 bits per heavy atom. The Hall–Kier alpha value is -2.14. The van der Waals surface area contributed by atoms with Gasteiger partial charge in [-0.05, 0) is 24.3 Å². The number of halogens is 3. The summed E-state index contributed by atoms with van der Waals surface area (Å²) < 4.78 is 31.3. The molecule has 0 aliphatic heterocycles. The second kappa shape index (κ2) is 5.88. The van der Waals surface area contributed by atoms with E-state index in [9.17, 15) is 13.6 Å². The van der Waals surface area contributed by atoms with Crippen LogP contribution in [-0.4, -0.2) is 5.97 Å². The van der Waals surface area contributed by atoms with E-state index in [-0.39, 0.29) is 16.8 Å². The molecule has 2 aromatic carbocycles. The van der Waals surface area contributed by atoms with Gasteiger partial charge < -0.3 is 10.5 Å². The van der Waals surface area contributed by atoms with Gasteiger partial charge in [-0.2, -0.15) is 0 Å². The quantitative estimate of drug-likeness (QED) is 0.696. The van der Waals surface area contributed by atoms with Crippen molar-refractivity contribution in [1.82, 2.24) is 0 Å². The van der Waals surface area contributed by atoms with Gasteiger partial charge in [-0.3, -0.25) is 0 Å². The number of anilines is 1. The summed E-state index contributed by atoms with van der Waals surface area (Å²) in [6.07, 6.45) is 0. The highest BCUT2D eigenvalue weighted by Crippen LogP contribution is 2.20. The molecule has 0 amide bonds. The van der Waals surface area contributed by atoms with Crippen molar-refractivity contribution < 1.29 is 18.3 Å². The van der Waals surface area contributed by atoms with Gasteiger partial charge >= 0.3 is 5.97 Å². The number of hydrogen-bond acceptors (Lipinski definition) is 3. The van der Waals surface area contributed by atoms with Gasteiger partial charge in [-0.15, -0.1) is 0 Å². The number of carbonyl (C=O) groups excluding carboxylic acids is 1. The molecule has 20 heavy (non-hydrogen) atoms. The Labute approximate surface area is 118 Å². The second-order valence-electron chi connectivity index (χ2n) is 4.02. The van der Waals surface area contributed by atoms with Crippen LogP contribution in [0, 0.1) is 11.6 Å². The Bertz CT molecular complexity index is 662. The van der Waals surface area contributed by atoms with Crippen molar-refractivity contribution in [2.45, 2.75) is 6.61 Å². The summed E-state index contributed by atoms with van der Waals surface area (Å²) in [5.74, 6) is -2.80. The third kappa shape index (κ3) is 3.05. The van der Waals surface area contributed by atoms with Gasteiger partial charge in [0.1, 0.15) is 6.61 Å². The van der Waals surface area contributed by atoms with Gasteiger partial charge in [-0.1, -0.05) is 23.7 Å². The first kappa shape index (κ1) is 14.3. The van der Waals surface area contributed by atoms with Crippen molar-refractivity contribution in [2.75, 3.05) is 5.73 Å². The molecular formula is C14H10ClF2NO2. The van der Waals surface area contributed by atoms with E-state index in [1.54, 1.807) is 0 Å². The van der Waals surface area contributed by atoms with Gasteiger partial charge in [0.2, 0.25) is 0 Å². The normalized spacial score (nSPS) is 10.3. The molecule has 2 rings (SSSR count). The zero-order valence-corrected chi connectivity index (χ0v) is 11.0. The monoisotopic (exact) mass is 297 g/mol. The van der Waals surface area contributed by atoms with E-state index in [1.165, 1.54) is 30.3 Å². The van der Waals surface area contributed by atoms with Crippen molar-refractivity contribution in [3.63, 3.8) is 0 Å². The van der Waals surface area contributed by atoms with Crippen LogP contribution in [0.2, 0.25) is 5.02 Å². The molecule has 0 fully saturated rings. The molecule has 0 aliphatic rings. The van der Waals surface area contributed by atoms with Crippen LogP contribution in [0.15, 0.2) is 36.4 Å². The highest BCUT2D eigenvalue weighted by molar-refractivity contribution is 6.31. The van der Waals surface area contributed by atoms with Crippen LogP contribution in [0.4, 0.5) is 14.5 Å². The molecule has 0 saturated heterocycles. The average Bonchev–Trinajstić information content (AvgIpc) is 2.43. The summed E-state index contributed by atoms with van der Waals surface area (Å²) in [6, 6.07) is 7.97. The minimum absolute atomic E-state index is 0.0565. The van der Waals surface area contributed by atoms with E-state index in [0.717, 1.165) is 6.07 Å². The predicted molar refractivity (Wildman–Crippen MR) is 71.3 cm³/mol. The fraction of sp³-hybridized carbons (Fsp3) is 0.0714. The number of benzene rings is 2. The molecule has 104 valence electrons. The molecule has 0 saturated carbocycles. The molecule has 6 heteroatoms. The number of rotatable bonds is 3. The lowest BCUT2D eigenvalue weighted by Gasteiger charge is -2.08. The molecular weight excluding hydrogens is 288 g/mol.